The molecule has 2 heteroatoms. The van der Waals surface area contributed by atoms with Gasteiger partial charge in [-0.3, -0.25) is 4.79 Å². The Morgan fingerprint density at radius 1 is 1.15 bits per heavy atom. The van der Waals surface area contributed by atoms with Crippen LogP contribution in [0.4, 0.5) is 0 Å². The van der Waals surface area contributed by atoms with E-state index in [0.717, 1.165) is 6.42 Å². The van der Waals surface area contributed by atoms with Crippen molar-refractivity contribution in [3.8, 4) is 0 Å². The Kier molecular flexibility index (Phi) is 3.68. The van der Waals surface area contributed by atoms with E-state index in [4.69, 9.17) is 5.73 Å². The van der Waals surface area contributed by atoms with E-state index < -0.39 is 0 Å². The minimum absolute atomic E-state index is 0.125. The van der Waals surface area contributed by atoms with Crippen molar-refractivity contribution in [2.45, 2.75) is 54.0 Å². The van der Waals surface area contributed by atoms with Crippen LogP contribution < -0.4 is 5.73 Å². The van der Waals surface area contributed by atoms with Crippen LogP contribution in [0.25, 0.3) is 0 Å². The fraction of sp³-hybridized carbons (Fsp3) is 0.909. The lowest BCUT2D eigenvalue weighted by atomic mass is 9.80. The van der Waals surface area contributed by atoms with E-state index in [0.29, 0.717) is 0 Å². The van der Waals surface area contributed by atoms with Gasteiger partial charge in [0.05, 0.1) is 6.04 Å². The van der Waals surface area contributed by atoms with Gasteiger partial charge in [-0.15, -0.1) is 0 Å². The van der Waals surface area contributed by atoms with Crippen molar-refractivity contribution in [1.29, 1.82) is 0 Å². The molecule has 78 valence electrons. The molecule has 0 amide bonds. The van der Waals surface area contributed by atoms with Gasteiger partial charge in [-0.05, 0) is 11.8 Å². The second kappa shape index (κ2) is 3.79. The Morgan fingerprint density at radius 3 is 1.77 bits per heavy atom. The summed E-state index contributed by atoms with van der Waals surface area (Å²) in [4.78, 5) is 11.7. The molecule has 0 unspecified atom stereocenters. The minimum atomic E-state index is -0.319. The average Bonchev–Trinajstić information content (AvgIpc) is 1.79. The lowest BCUT2D eigenvalue weighted by Crippen LogP contribution is -2.41. The van der Waals surface area contributed by atoms with E-state index in [2.05, 4.69) is 20.8 Å². The molecule has 0 aliphatic heterocycles. The topological polar surface area (TPSA) is 43.1 Å². The molecule has 0 radical (unpaired) electrons. The Balaban J connectivity index is 4.30. The van der Waals surface area contributed by atoms with Crippen LogP contribution in [0.5, 0.6) is 0 Å². The predicted octanol–water partition coefficient (Wildman–Crippen LogP) is 2.37. The highest BCUT2D eigenvalue weighted by Gasteiger charge is 2.29. The molecule has 0 spiro atoms. The van der Waals surface area contributed by atoms with Gasteiger partial charge in [-0.25, -0.2) is 0 Å². The largest absolute Gasteiger partial charge is 0.321 e. The van der Waals surface area contributed by atoms with Gasteiger partial charge in [-0.1, -0.05) is 41.5 Å². The summed E-state index contributed by atoms with van der Waals surface area (Å²) in [5.74, 6) is 0.155. The molecule has 0 saturated carbocycles. The standard InChI is InChI=1S/C11H23NO/c1-10(2,3)7-8(12)9(13)11(4,5)6/h8H,7,12H2,1-6H3/t8-/m0/s1. The first-order valence-electron chi connectivity index (χ1n) is 4.84. The molecular weight excluding hydrogens is 162 g/mol. The normalized spacial score (nSPS) is 15.6. The van der Waals surface area contributed by atoms with E-state index >= 15 is 0 Å². The number of hydrogen-bond acceptors (Lipinski definition) is 2. The summed E-state index contributed by atoms with van der Waals surface area (Å²) in [5, 5.41) is 0. The van der Waals surface area contributed by atoms with Crippen molar-refractivity contribution < 1.29 is 4.79 Å². The van der Waals surface area contributed by atoms with Crippen LogP contribution in [-0.4, -0.2) is 11.8 Å². The third-order valence-corrected chi connectivity index (χ3v) is 1.91. The lowest BCUT2D eigenvalue weighted by Gasteiger charge is -2.27. The van der Waals surface area contributed by atoms with Crippen molar-refractivity contribution in [3.05, 3.63) is 0 Å². The van der Waals surface area contributed by atoms with E-state index in [-0.39, 0.29) is 22.7 Å². The molecule has 2 N–H and O–H groups in total. The summed E-state index contributed by atoms with van der Waals surface area (Å²) >= 11 is 0. The first kappa shape index (κ1) is 12.6. The number of rotatable bonds is 2. The molecule has 0 heterocycles. The maximum absolute atomic E-state index is 11.7. The smallest absolute Gasteiger partial charge is 0.154 e. The SMILES string of the molecule is CC(C)(C)C[C@H](N)C(=O)C(C)(C)C. The monoisotopic (exact) mass is 185 g/mol. The molecule has 0 saturated heterocycles. The van der Waals surface area contributed by atoms with Crippen molar-refractivity contribution in [1.82, 2.24) is 0 Å². The van der Waals surface area contributed by atoms with Gasteiger partial charge in [0.1, 0.15) is 0 Å². The van der Waals surface area contributed by atoms with Gasteiger partial charge in [0.15, 0.2) is 5.78 Å². The summed E-state index contributed by atoms with van der Waals surface area (Å²) in [6, 6.07) is -0.319. The van der Waals surface area contributed by atoms with Crippen LogP contribution in [0, 0.1) is 10.8 Å². The van der Waals surface area contributed by atoms with Gasteiger partial charge >= 0.3 is 0 Å². The van der Waals surface area contributed by atoms with E-state index in [1.807, 2.05) is 20.8 Å². The van der Waals surface area contributed by atoms with Gasteiger partial charge in [-0.2, -0.15) is 0 Å². The van der Waals surface area contributed by atoms with Crippen molar-refractivity contribution in [3.63, 3.8) is 0 Å². The Hall–Kier alpha value is -0.370. The fourth-order valence-corrected chi connectivity index (χ4v) is 1.31. The van der Waals surface area contributed by atoms with Crippen molar-refractivity contribution in [2.75, 3.05) is 0 Å². The molecule has 1 atom stereocenters. The highest BCUT2D eigenvalue weighted by molar-refractivity contribution is 5.88. The number of carbonyl (C=O) groups is 1. The van der Waals surface area contributed by atoms with Crippen LogP contribution in [-0.2, 0) is 4.79 Å². The molecule has 13 heavy (non-hydrogen) atoms. The van der Waals surface area contributed by atoms with E-state index in [1.165, 1.54) is 0 Å². The van der Waals surface area contributed by atoms with E-state index in [1.54, 1.807) is 0 Å². The zero-order valence-electron chi connectivity index (χ0n) is 9.77. The van der Waals surface area contributed by atoms with Gasteiger partial charge < -0.3 is 5.73 Å². The third-order valence-electron chi connectivity index (χ3n) is 1.91. The average molecular weight is 185 g/mol. The number of ketones is 1. The van der Waals surface area contributed by atoms with Crippen LogP contribution in [0.1, 0.15) is 48.0 Å². The van der Waals surface area contributed by atoms with Gasteiger partial charge in [0.25, 0.3) is 0 Å². The highest BCUT2D eigenvalue weighted by Crippen LogP contribution is 2.24. The zero-order chi connectivity index (χ0) is 10.9. The van der Waals surface area contributed by atoms with Crippen LogP contribution >= 0.6 is 0 Å². The highest BCUT2D eigenvalue weighted by atomic mass is 16.1. The van der Waals surface area contributed by atoms with Crippen molar-refractivity contribution in [2.24, 2.45) is 16.6 Å². The lowest BCUT2D eigenvalue weighted by molar-refractivity contribution is -0.128. The summed E-state index contributed by atoms with van der Waals surface area (Å²) in [6.45, 7) is 12.0. The number of Topliss-reactive ketones (excluding diaryl/α,β-unsaturated/α-hetero) is 1. The molecule has 2 nitrogen and oxygen atoms in total. The molecule has 0 fully saturated rings. The Bertz CT molecular complexity index is 183. The van der Waals surface area contributed by atoms with Gasteiger partial charge in [0.2, 0.25) is 0 Å². The summed E-state index contributed by atoms with van der Waals surface area (Å²) in [6.07, 6.45) is 0.753. The van der Waals surface area contributed by atoms with Crippen LogP contribution in [0.15, 0.2) is 0 Å². The molecule has 0 aromatic carbocycles. The molecular formula is C11H23NO. The summed E-state index contributed by atoms with van der Waals surface area (Å²) in [7, 11) is 0. The summed E-state index contributed by atoms with van der Waals surface area (Å²) < 4.78 is 0. The van der Waals surface area contributed by atoms with Gasteiger partial charge in [0, 0.05) is 5.41 Å². The second-order valence-electron chi connectivity index (χ2n) is 5.99. The third kappa shape index (κ3) is 5.04. The first-order valence-corrected chi connectivity index (χ1v) is 4.84. The number of hydrogen-bond donors (Lipinski definition) is 1. The predicted molar refractivity (Wildman–Crippen MR) is 56.5 cm³/mol. The Morgan fingerprint density at radius 2 is 1.54 bits per heavy atom. The van der Waals surface area contributed by atoms with E-state index in [9.17, 15) is 4.79 Å². The molecule has 0 rings (SSSR count). The second-order valence-corrected chi connectivity index (χ2v) is 5.99. The van der Waals surface area contributed by atoms with Crippen LogP contribution in [0.2, 0.25) is 0 Å². The van der Waals surface area contributed by atoms with Crippen molar-refractivity contribution >= 4 is 5.78 Å². The molecule has 0 bridgehead atoms. The van der Waals surface area contributed by atoms with Crippen LogP contribution in [0.3, 0.4) is 0 Å². The Labute approximate surface area is 81.9 Å². The molecule has 0 aliphatic rings. The summed E-state index contributed by atoms with van der Waals surface area (Å²) in [5.41, 5.74) is 5.65. The molecule has 0 aromatic rings. The first-order chi connectivity index (χ1) is 5.54. The maximum atomic E-state index is 11.7. The zero-order valence-corrected chi connectivity index (χ0v) is 9.77. The fourth-order valence-electron chi connectivity index (χ4n) is 1.31. The minimum Gasteiger partial charge on any atom is -0.321 e. The molecule has 0 aliphatic carbocycles. The maximum Gasteiger partial charge on any atom is 0.154 e. The number of nitrogens with two attached hydrogens (primary N) is 1. The number of carbonyl (C=O) groups excluding carboxylic acids is 1. The molecule has 0 aromatic heterocycles. The quantitative estimate of drug-likeness (QED) is 0.717.